The molecule has 1 unspecified atom stereocenters. The highest BCUT2D eigenvalue weighted by Crippen LogP contribution is 2.37. The number of rotatable bonds is 3. The van der Waals surface area contributed by atoms with Gasteiger partial charge in [-0.25, -0.2) is 0 Å². The molecule has 2 fully saturated rings. The van der Waals surface area contributed by atoms with Crippen LogP contribution in [0.3, 0.4) is 0 Å². The summed E-state index contributed by atoms with van der Waals surface area (Å²) in [7, 11) is 1.72. The Kier molecular flexibility index (Phi) is 5.37. The Morgan fingerprint density at radius 1 is 1.00 bits per heavy atom. The normalized spacial score (nSPS) is 24.0. The predicted molar refractivity (Wildman–Crippen MR) is 133 cm³/mol. The highest BCUT2D eigenvalue weighted by atomic mass is 16.3. The highest BCUT2D eigenvalue weighted by Gasteiger charge is 2.36. The zero-order valence-corrected chi connectivity index (χ0v) is 19.6. The van der Waals surface area contributed by atoms with Gasteiger partial charge >= 0.3 is 0 Å². The molecule has 3 aliphatic heterocycles. The van der Waals surface area contributed by atoms with E-state index in [1.54, 1.807) is 25.4 Å². The highest BCUT2D eigenvalue weighted by molar-refractivity contribution is 5.75. The maximum Gasteiger partial charge on any atom is 0.250 e. The molecule has 0 spiro atoms. The van der Waals surface area contributed by atoms with E-state index < -0.39 is 0 Å². The van der Waals surface area contributed by atoms with Gasteiger partial charge in [-0.05, 0) is 79.5 Å². The molecule has 2 saturated heterocycles. The average molecular weight is 458 g/mol. The van der Waals surface area contributed by atoms with Gasteiger partial charge in [-0.2, -0.15) is 0 Å². The van der Waals surface area contributed by atoms with Gasteiger partial charge in [0.1, 0.15) is 5.75 Å². The van der Waals surface area contributed by atoms with Gasteiger partial charge in [-0.15, -0.1) is 10.2 Å². The number of fused-ring (bicyclic) bond motifs is 3. The maximum atomic E-state index is 12.0. The molecule has 6 rings (SSSR count). The van der Waals surface area contributed by atoms with E-state index in [0.29, 0.717) is 29.4 Å². The molecule has 7 heteroatoms. The average Bonchev–Trinajstić information content (AvgIpc) is 2.84. The predicted octanol–water partition coefficient (Wildman–Crippen LogP) is 3.64. The molecule has 176 valence electrons. The first-order chi connectivity index (χ1) is 16.5. The molecule has 34 heavy (non-hydrogen) atoms. The van der Waals surface area contributed by atoms with Gasteiger partial charge in [-0.3, -0.25) is 4.79 Å². The Labute approximate surface area is 199 Å². The molecule has 2 bridgehead atoms. The summed E-state index contributed by atoms with van der Waals surface area (Å²) >= 11 is 0. The van der Waals surface area contributed by atoms with E-state index in [1.807, 2.05) is 18.2 Å². The number of aromatic hydroxyl groups is 1. The van der Waals surface area contributed by atoms with Crippen molar-refractivity contribution in [2.75, 3.05) is 11.4 Å². The van der Waals surface area contributed by atoms with Crippen molar-refractivity contribution in [1.82, 2.24) is 20.1 Å². The van der Waals surface area contributed by atoms with Crippen LogP contribution in [0, 0.1) is 0 Å². The Morgan fingerprint density at radius 3 is 2.56 bits per heavy atom. The third-order valence-corrected chi connectivity index (χ3v) is 7.81. The smallest absolute Gasteiger partial charge is 0.250 e. The summed E-state index contributed by atoms with van der Waals surface area (Å²) in [6.45, 7) is 1.04. The number of phenols is 1. The van der Waals surface area contributed by atoms with Crippen LogP contribution in [-0.2, 0) is 13.5 Å². The van der Waals surface area contributed by atoms with Crippen LogP contribution in [0.15, 0.2) is 47.4 Å². The standard InChI is InChI=1S/C27H31N5O2/c1-31-11-9-18(14-26(31)34)17-7-8-23(25(33)13-17)24-12-19-4-3-10-32(27(19)30-29-24)22-15-20-5-2-6-21(16-22)28-20/h7-9,11-14,20-22,28,33H,2-6,10,15-16H2,1H3/t20-,21+,22?. The number of aromatic nitrogens is 3. The molecule has 0 aliphatic carbocycles. The van der Waals surface area contributed by atoms with Gasteiger partial charge in [0.05, 0.1) is 5.69 Å². The van der Waals surface area contributed by atoms with Crippen LogP contribution in [-0.4, -0.2) is 44.5 Å². The monoisotopic (exact) mass is 457 g/mol. The minimum absolute atomic E-state index is 0.0800. The van der Waals surface area contributed by atoms with E-state index in [-0.39, 0.29) is 11.3 Å². The van der Waals surface area contributed by atoms with Gasteiger partial charge in [0.25, 0.3) is 5.56 Å². The summed E-state index contributed by atoms with van der Waals surface area (Å²) in [6, 6.07) is 12.8. The van der Waals surface area contributed by atoms with E-state index in [2.05, 4.69) is 26.5 Å². The van der Waals surface area contributed by atoms with E-state index in [1.165, 1.54) is 42.2 Å². The fraction of sp³-hybridized carbons (Fsp3) is 0.444. The SMILES string of the molecule is Cn1ccc(-c2ccc(-c3cc4c(nn3)N(C3C[C@H]5CCC[C@@H](C3)N5)CCC4)c(O)c2)cc1=O. The lowest BCUT2D eigenvalue weighted by atomic mass is 9.83. The van der Waals surface area contributed by atoms with Crippen molar-refractivity contribution in [3.63, 3.8) is 0 Å². The number of hydrogen-bond donors (Lipinski definition) is 2. The molecule has 3 aromatic rings. The Morgan fingerprint density at radius 2 is 1.79 bits per heavy atom. The molecule has 2 aromatic heterocycles. The van der Waals surface area contributed by atoms with Gasteiger partial charge < -0.3 is 19.9 Å². The van der Waals surface area contributed by atoms with Crippen LogP contribution in [0.4, 0.5) is 5.82 Å². The van der Waals surface area contributed by atoms with E-state index >= 15 is 0 Å². The van der Waals surface area contributed by atoms with Gasteiger partial charge in [0.2, 0.25) is 0 Å². The first kappa shape index (κ1) is 21.4. The number of phenolic OH excluding ortho intramolecular Hbond substituents is 1. The van der Waals surface area contributed by atoms with Crippen LogP contribution < -0.4 is 15.8 Å². The fourth-order valence-electron chi connectivity index (χ4n) is 6.03. The number of nitrogens with zero attached hydrogens (tertiary/aromatic N) is 4. The third kappa shape index (κ3) is 3.88. The molecule has 3 atom stereocenters. The quantitative estimate of drug-likeness (QED) is 0.625. The number of benzene rings is 1. The van der Waals surface area contributed by atoms with Crippen LogP contribution in [0.5, 0.6) is 5.75 Å². The largest absolute Gasteiger partial charge is 0.507 e. The molecule has 7 nitrogen and oxygen atoms in total. The van der Waals surface area contributed by atoms with Crippen LogP contribution in [0.1, 0.15) is 44.1 Å². The zero-order valence-electron chi connectivity index (χ0n) is 19.6. The number of aryl methyl sites for hydroxylation is 2. The number of hydrogen-bond acceptors (Lipinski definition) is 6. The molecule has 0 saturated carbocycles. The zero-order chi connectivity index (χ0) is 23.2. The summed E-state index contributed by atoms with van der Waals surface area (Å²) in [5.74, 6) is 1.17. The molecule has 5 heterocycles. The lowest BCUT2D eigenvalue weighted by molar-refractivity contribution is 0.215. The van der Waals surface area contributed by atoms with E-state index in [4.69, 9.17) is 0 Å². The number of nitrogens with one attached hydrogen (secondary N) is 1. The third-order valence-electron chi connectivity index (χ3n) is 7.81. The van der Waals surface area contributed by atoms with Crippen molar-refractivity contribution in [2.24, 2.45) is 7.05 Å². The van der Waals surface area contributed by atoms with Crippen molar-refractivity contribution < 1.29 is 5.11 Å². The molecule has 0 radical (unpaired) electrons. The number of pyridine rings is 1. The maximum absolute atomic E-state index is 12.0. The summed E-state index contributed by atoms with van der Waals surface area (Å²) in [6.07, 6.45) is 10.1. The number of piperidine rings is 2. The summed E-state index contributed by atoms with van der Waals surface area (Å²) in [5, 5.41) is 23.8. The Hall–Kier alpha value is -3.19. The lowest BCUT2D eigenvalue weighted by Crippen LogP contribution is -2.55. The first-order valence-electron chi connectivity index (χ1n) is 12.4. The molecule has 1 aromatic carbocycles. The van der Waals surface area contributed by atoms with Crippen molar-refractivity contribution >= 4 is 5.82 Å². The summed E-state index contributed by atoms with van der Waals surface area (Å²) in [4.78, 5) is 14.5. The van der Waals surface area contributed by atoms with Crippen LogP contribution in [0.2, 0.25) is 0 Å². The second-order valence-corrected chi connectivity index (χ2v) is 10.1. The van der Waals surface area contributed by atoms with Gasteiger partial charge in [0.15, 0.2) is 5.82 Å². The van der Waals surface area contributed by atoms with Crippen molar-refractivity contribution in [1.29, 1.82) is 0 Å². The van der Waals surface area contributed by atoms with Crippen molar-refractivity contribution in [2.45, 2.75) is 63.1 Å². The molecular formula is C27H31N5O2. The minimum Gasteiger partial charge on any atom is -0.507 e. The first-order valence-corrected chi connectivity index (χ1v) is 12.4. The molecular weight excluding hydrogens is 426 g/mol. The van der Waals surface area contributed by atoms with Gasteiger partial charge in [-0.1, -0.05) is 12.5 Å². The topological polar surface area (TPSA) is 83.3 Å². The number of anilines is 1. The second kappa shape index (κ2) is 8.55. The molecule has 3 aliphatic rings. The Balaban J connectivity index is 1.28. The molecule has 0 amide bonds. The van der Waals surface area contributed by atoms with Crippen LogP contribution >= 0.6 is 0 Å². The lowest BCUT2D eigenvalue weighted by Gasteiger charge is -2.46. The summed E-state index contributed by atoms with van der Waals surface area (Å²) < 4.78 is 1.53. The van der Waals surface area contributed by atoms with E-state index in [0.717, 1.165) is 36.3 Å². The van der Waals surface area contributed by atoms with E-state index in [9.17, 15) is 9.90 Å². The fourth-order valence-corrected chi connectivity index (χ4v) is 6.03. The van der Waals surface area contributed by atoms with Crippen LogP contribution in [0.25, 0.3) is 22.4 Å². The minimum atomic E-state index is -0.0800. The summed E-state index contributed by atoms with van der Waals surface area (Å²) in [5.41, 5.74) is 4.07. The Bertz CT molecular complexity index is 1270. The van der Waals surface area contributed by atoms with Crippen molar-refractivity contribution in [3.05, 3.63) is 58.5 Å². The van der Waals surface area contributed by atoms with Gasteiger partial charge in [0, 0.05) is 49.5 Å². The molecule has 2 N–H and O–H groups in total. The van der Waals surface area contributed by atoms with Crippen molar-refractivity contribution in [3.8, 4) is 28.1 Å². The second-order valence-electron chi connectivity index (χ2n) is 10.1.